The van der Waals surface area contributed by atoms with Crippen LogP contribution in [0.25, 0.3) is 0 Å². The highest BCUT2D eigenvalue weighted by Crippen LogP contribution is 2.45. The highest BCUT2D eigenvalue weighted by molar-refractivity contribution is 6.31. The first kappa shape index (κ1) is 18.9. The third-order valence-corrected chi connectivity index (χ3v) is 4.48. The Kier molecular flexibility index (Phi) is 4.98. The van der Waals surface area contributed by atoms with Crippen LogP contribution < -0.4 is 31.6 Å². The van der Waals surface area contributed by atoms with E-state index >= 15 is 0 Å². The van der Waals surface area contributed by atoms with Crippen LogP contribution in [0.3, 0.4) is 0 Å². The maximum atomic E-state index is 9.37. The lowest BCUT2D eigenvalue weighted by molar-refractivity contribution is 0.354. The molecule has 0 spiro atoms. The minimum atomic E-state index is -0.778. The number of nitrogens with one attached hydrogen (secondary N) is 2. The Balaban J connectivity index is 2.29. The van der Waals surface area contributed by atoms with E-state index in [0.717, 1.165) is 0 Å². The number of methoxy groups -OCH3 is 2. The Morgan fingerprint density at radius 3 is 2.50 bits per heavy atom. The Labute approximate surface area is 165 Å². The summed E-state index contributed by atoms with van der Waals surface area (Å²) in [4.78, 5) is 8.66. The van der Waals surface area contributed by atoms with Crippen molar-refractivity contribution in [1.82, 2.24) is 10.3 Å². The molecule has 10 nitrogen and oxygen atoms in total. The van der Waals surface area contributed by atoms with Crippen molar-refractivity contribution in [1.29, 1.82) is 10.5 Å². The number of fused-ring (bicyclic) bond motifs is 1. The summed E-state index contributed by atoms with van der Waals surface area (Å²) in [5.41, 5.74) is 13.1. The monoisotopic (exact) mass is 398 g/mol. The number of nitrogen functional groups attached to an aromatic ring is 2. The fraction of sp³-hybridized carbons (Fsp3) is 0.176. The molecule has 0 saturated heterocycles. The highest BCUT2D eigenvalue weighted by Gasteiger charge is 2.31. The van der Waals surface area contributed by atoms with Crippen LogP contribution in [0.15, 0.2) is 17.1 Å². The Morgan fingerprint density at radius 1 is 1.21 bits per heavy atom. The van der Waals surface area contributed by atoms with E-state index in [2.05, 4.69) is 20.6 Å². The van der Waals surface area contributed by atoms with E-state index in [1.165, 1.54) is 14.2 Å². The molecule has 2 aromatic rings. The van der Waals surface area contributed by atoms with Crippen molar-refractivity contribution >= 4 is 34.9 Å². The molecule has 1 aliphatic heterocycles. The summed E-state index contributed by atoms with van der Waals surface area (Å²) in [6, 6.07) is 4.39. The number of rotatable bonds is 3. The van der Waals surface area contributed by atoms with Crippen LogP contribution in [0.5, 0.6) is 11.5 Å². The lowest BCUT2D eigenvalue weighted by atomic mass is 9.94. The van der Waals surface area contributed by atoms with Gasteiger partial charge in [0.15, 0.2) is 17.7 Å². The molecule has 0 fully saturated rings. The number of nitriles is 2. The van der Waals surface area contributed by atoms with Gasteiger partial charge in [-0.15, -0.1) is 0 Å². The lowest BCUT2D eigenvalue weighted by Crippen LogP contribution is -2.32. The molecular weight excluding hydrogens is 384 g/mol. The molecule has 28 heavy (non-hydrogen) atoms. The van der Waals surface area contributed by atoms with Crippen LogP contribution in [0.2, 0.25) is 5.02 Å². The van der Waals surface area contributed by atoms with Crippen LogP contribution in [0.1, 0.15) is 22.7 Å². The minimum absolute atomic E-state index is 0.0361. The maximum Gasteiger partial charge on any atom is 0.211 e. The van der Waals surface area contributed by atoms with Crippen LogP contribution in [-0.2, 0) is 0 Å². The van der Waals surface area contributed by atoms with Gasteiger partial charge in [0.2, 0.25) is 5.96 Å². The van der Waals surface area contributed by atoms with Gasteiger partial charge in [-0.3, -0.25) is 5.32 Å². The second-order valence-electron chi connectivity index (χ2n) is 5.63. The first-order chi connectivity index (χ1) is 13.4. The molecule has 1 aliphatic rings. The molecule has 0 radical (unpaired) electrons. The van der Waals surface area contributed by atoms with Crippen molar-refractivity contribution < 1.29 is 9.47 Å². The first-order valence-corrected chi connectivity index (χ1v) is 8.23. The topological polar surface area (TPSA) is 167 Å². The molecule has 1 aromatic heterocycles. The van der Waals surface area contributed by atoms with E-state index in [9.17, 15) is 5.26 Å². The predicted octanol–water partition coefficient (Wildman–Crippen LogP) is 1.73. The predicted molar refractivity (Wildman–Crippen MR) is 104 cm³/mol. The first-order valence-electron chi connectivity index (χ1n) is 7.85. The second-order valence-corrected chi connectivity index (χ2v) is 6.04. The van der Waals surface area contributed by atoms with Gasteiger partial charge in [0.1, 0.15) is 29.3 Å². The summed E-state index contributed by atoms with van der Waals surface area (Å²) < 4.78 is 10.6. The average molecular weight is 399 g/mol. The van der Waals surface area contributed by atoms with Gasteiger partial charge in [0.25, 0.3) is 0 Å². The molecule has 3 rings (SSSR count). The van der Waals surface area contributed by atoms with Gasteiger partial charge in [0.05, 0.1) is 24.9 Å². The molecular formula is C17H15ClN8O2. The van der Waals surface area contributed by atoms with Crippen molar-refractivity contribution in [3.8, 4) is 23.8 Å². The normalized spacial score (nSPS) is 14.6. The number of pyridine rings is 1. The smallest absolute Gasteiger partial charge is 0.211 e. The zero-order valence-corrected chi connectivity index (χ0v) is 15.6. The molecule has 1 unspecified atom stereocenters. The van der Waals surface area contributed by atoms with Crippen LogP contribution in [0, 0.1) is 22.8 Å². The molecule has 0 aliphatic carbocycles. The largest absolute Gasteiger partial charge is 0.493 e. The minimum Gasteiger partial charge on any atom is -0.493 e. The third-order valence-electron chi connectivity index (χ3n) is 4.16. The van der Waals surface area contributed by atoms with E-state index in [1.807, 2.05) is 6.07 Å². The van der Waals surface area contributed by atoms with Crippen molar-refractivity contribution in [2.75, 3.05) is 31.0 Å². The number of anilines is 3. The van der Waals surface area contributed by atoms with Crippen molar-refractivity contribution in [3.63, 3.8) is 0 Å². The van der Waals surface area contributed by atoms with Crippen molar-refractivity contribution in [2.24, 2.45) is 4.99 Å². The summed E-state index contributed by atoms with van der Waals surface area (Å²) in [5, 5.41) is 23.9. The number of aromatic nitrogens is 1. The van der Waals surface area contributed by atoms with Gasteiger partial charge < -0.3 is 26.3 Å². The number of benzene rings is 1. The summed E-state index contributed by atoms with van der Waals surface area (Å²) >= 11 is 6.46. The summed E-state index contributed by atoms with van der Waals surface area (Å²) in [7, 11) is 2.98. The number of nitrogens with zero attached hydrogens (tertiary/aromatic N) is 4. The molecule has 6 N–H and O–H groups in total. The SMILES string of the molecule is COc1cc(Cl)c(C2N=C(NC#N)Nc3nc(N)c(C#N)c(N)c32)cc1OC. The van der Waals surface area contributed by atoms with Crippen LogP contribution in [-0.4, -0.2) is 25.2 Å². The molecule has 2 heterocycles. The number of halogens is 1. The van der Waals surface area contributed by atoms with Gasteiger partial charge in [0, 0.05) is 17.2 Å². The quantitative estimate of drug-likeness (QED) is 0.444. The molecule has 11 heteroatoms. The molecule has 0 saturated carbocycles. The Bertz CT molecular complexity index is 1070. The van der Waals surface area contributed by atoms with Gasteiger partial charge in [-0.05, 0) is 6.07 Å². The Hall–Kier alpha value is -3.89. The number of hydrogen-bond donors (Lipinski definition) is 4. The van der Waals surface area contributed by atoms with Gasteiger partial charge >= 0.3 is 0 Å². The fourth-order valence-electron chi connectivity index (χ4n) is 2.89. The van der Waals surface area contributed by atoms with Crippen LogP contribution >= 0.6 is 11.6 Å². The third kappa shape index (κ3) is 3.02. The van der Waals surface area contributed by atoms with E-state index in [1.54, 1.807) is 18.3 Å². The zero-order valence-electron chi connectivity index (χ0n) is 14.9. The molecule has 0 amide bonds. The standard InChI is InChI=1S/C17H15ClN8O2/c1-27-10-3-7(9(18)4-11(10)28-2)14-12-13(21)8(5-19)15(22)25-16(12)26-17(24-14)23-6-20/h3-4,14H,1-2H3,(H6,21,22,23,24,25,26). The number of guanidine groups is 1. The average Bonchev–Trinajstić information content (AvgIpc) is 2.67. The molecule has 142 valence electrons. The highest BCUT2D eigenvalue weighted by atomic mass is 35.5. The van der Waals surface area contributed by atoms with Gasteiger partial charge in [-0.2, -0.15) is 10.5 Å². The lowest BCUT2D eigenvalue weighted by Gasteiger charge is -2.27. The fourth-order valence-corrected chi connectivity index (χ4v) is 3.14. The zero-order chi connectivity index (χ0) is 20.4. The summed E-state index contributed by atoms with van der Waals surface area (Å²) in [6.07, 6.45) is 1.78. The maximum absolute atomic E-state index is 9.37. The van der Waals surface area contributed by atoms with E-state index < -0.39 is 6.04 Å². The van der Waals surface area contributed by atoms with Gasteiger partial charge in [-0.1, -0.05) is 11.6 Å². The molecule has 1 aromatic carbocycles. The molecule has 0 bridgehead atoms. The van der Waals surface area contributed by atoms with Crippen LogP contribution in [0.4, 0.5) is 17.3 Å². The van der Waals surface area contributed by atoms with E-state index in [4.69, 9.17) is 37.8 Å². The second kappa shape index (κ2) is 7.39. The Morgan fingerprint density at radius 2 is 1.89 bits per heavy atom. The number of ether oxygens (including phenoxy) is 2. The summed E-state index contributed by atoms with van der Waals surface area (Å²) in [5.74, 6) is 1.21. The van der Waals surface area contributed by atoms with E-state index in [0.29, 0.717) is 27.6 Å². The summed E-state index contributed by atoms with van der Waals surface area (Å²) in [6.45, 7) is 0. The number of aliphatic imine (C=N–C) groups is 1. The number of hydrogen-bond acceptors (Lipinski definition) is 10. The van der Waals surface area contributed by atoms with Gasteiger partial charge in [-0.25, -0.2) is 9.98 Å². The van der Waals surface area contributed by atoms with E-state index in [-0.39, 0.29) is 28.8 Å². The number of nitrogens with two attached hydrogens (primary N) is 2. The van der Waals surface area contributed by atoms with Crippen molar-refractivity contribution in [3.05, 3.63) is 33.8 Å². The van der Waals surface area contributed by atoms with Crippen molar-refractivity contribution in [2.45, 2.75) is 6.04 Å². The molecule has 1 atom stereocenters.